The van der Waals surface area contributed by atoms with Gasteiger partial charge in [0.1, 0.15) is 6.10 Å². The maximum absolute atomic E-state index is 10.7. The Morgan fingerprint density at radius 2 is 2.20 bits per heavy atom. The van der Waals surface area contributed by atoms with Gasteiger partial charge in [-0.3, -0.25) is 9.36 Å². The molecule has 0 aliphatic carbocycles. The Kier molecular flexibility index (Phi) is 4.66. The highest BCUT2D eigenvalue weighted by Crippen LogP contribution is 2.30. The molecule has 0 amide bonds. The molecule has 1 saturated heterocycles. The van der Waals surface area contributed by atoms with Gasteiger partial charge >= 0.3 is 5.97 Å². The van der Waals surface area contributed by atoms with Crippen LogP contribution in [0.1, 0.15) is 32.7 Å². The van der Waals surface area contributed by atoms with E-state index in [2.05, 4.69) is 10.2 Å². The van der Waals surface area contributed by atoms with E-state index >= 15 is 0 Å². The molecule has 2 rings (SSSR count). The Balaban J connectivity index is 2.29. The number of nitrogens with zero attached hydrogens (tertiary/aromatic N) is 3. The lowest BCUT2D eigenvalue weighted by molar-refractivity contribution is -0.133. The second kappa shape index (κ2) is 6.11. The zero-order valence-electron chi connectivity index (χ0n) is 11.8. The quantitative estimate of drug-likeness (QED) is 0.839. The highest BCUT2D eigenvalue weighted by atomic mass is 32.2. The van der Waals surface area contributed by atoms with Gasteiger partial charge in [-0.15, -0.1) is 10.2 Å². The number of carbonyl (C=O) groups is 1. The van der Waals surface area contributed by atoms with Gasteiger partial charge < -0.3 is 14.6 Å². The molecule has 2 heterocycles. The fourth-order valence-corrected chi connectivity index (χ4v) is 2.82. The second-order valence-corrected chi connectivity index (χ2v) is 6.41. The summed E-state index contributed by atoms with van der Waals surface area (Å²) < 4.78 is 13.0. The third kappa shape index (κ3) is 3.50. The standard InChI is InChI=1S/C12H19N3O4S/c1-12(2,3)15-10(8-6-18-4-5-19-8)13-14-11(15)20-7-9(16)17/h8H,4-7H2,1-3H3,(H,16,17). The third-order valence-corrected chi connectivity index (χ3v) is 3.67. The largest absolute Gasteiger partial charge is 0.481 e. The van der Waals surface area contributed by atoms with Crippen molar-refractivity contribution >= 4 is 17.7 Å². The predicted molar refractivity (Wildman–Crippen MR) is 72.9 cm³/mol. The van der Waals surface area contributed by atoms with Gasteiger partial charge in [0, 0.05) is 5.54 Å². The van der Waals surface area contributed by atoms with Crippen LogP contribution in [0, 0.1) is 0 Å². The highest BCUT2D eigenvalue weighted by molar-refractivity contribution is 7.99. The summed E-state index contributed by atoms with van der Waals surface area (Å²) >= 11 is 1.16. The van der Waals surface area contributed by atoms with Crippen LogP contribution < -0.4 is 0 Å². The molecule has 0 radical (unpaired) electrons. The number of rotatable bonds is 4. The molecule has 1 unspecified atom stereocenters. The number of carboxylic acids is 1. The van der Waals surface area contributed by atoms with E-state index in [0.717, 1.165) is 11.8 Å². The first-order valence-corrected chi connectivity index (χ1v) is 7.38. The normalized spacial score (nSPS) is 20.1. The van der Waals surface area contributed by atoms with E-state index in [9.17, 15) is 4.79 Å². The molecule has 0 saturated carbocycles. The van der Waals surface area contributed by atoms with Crippen molar-refractivity contribution in [2.75, 3.05) is 25.6 Å². The number of carboxylic acid groups (broad SMARTS) is 1. The van der Waals surface area contributed by atoms with Crippen LogP contribution in [0.15, 0.2) is 5.16 Å². The van der Waals surface area contributed by atoms with E-state index in [-0.39, 0.29) is 17.4 Å². The van der Waals surface area contributed by atoms with Crippen LogP contribution >= 0.6 is 11.8 Å². The molecule has 8 heteroatoms. The number of ether oxygens (including phenoxy) is 2. The molecule has 1 atom stereocenters. The summed E-state index contributed by atoms with van der Waals surface area (Å²) in [6.07, 6.45) is -0.255. The van der Waals surface area contributed by atoms with Crippen molar-refractivity contribution in [1.82, 2.24) is 14.8 Å². The van der Waals surface area contributed by atoms with Crippen molar-refractivity contribution in [3.8, 4) is 0 Å². The lowest BCUT2D eigenvalue weighted by Crippen LogP contribution is -2.31. The van der Waals surface area contributed by atoms with Gasteiger partial charge in [0.15, 0.2) is 11.0 Å². The monoisotopic (exact) mass is 301 g/mol. The zero-order chi connectivity index (χ0) is 14.8. The van der Waals surface area contributed by atoms with Crippen LogP contribution in [0.4, 0.5) is 0 Å². The van der Waals surface area contributed by atoms with Crippen LogP contribution in [-0.2, 0) is 19.8 Å². The van der Waals surface area contributed by atoms with Gasteiger partial charge in [0.2, 0.25) is 0 Å². The minimum absolute atomic E-state index is 0.0454. The lowest BCUT2D eigenvalue weighted by atomic mass is 10.1. The van der Waals surface area contributed by atoms with E-state index in [1.165, 1.54) is 0 Å². The fourth-order valence-electron chi connectivity index (χ4n) is 1.98. The molecule has 7 nitrogen and oxygen atoms in total. The molecule has 1 aliphatic heterocycles. The maximum Gasteiger partial charge on any atom is 0.313 e. The average molecular weight is 301 g/mol. The van der Waals surface area contributed by atoms with Gasteiger partial charge in [0.05, 0.1) is 25.6 Å². The minimum atomic E-state index is -0.878. The summed E-state index contributed by atoms with van der Waals surface area (Å²) in [4.78, 5) is 10.7. The molecule has 1 aliphatic rings. The Morgan fingerprint density at radius 3 is 2.75 bits per heavy atom. The van der Waals surface area contributed by atoms with E-state index < -0.39 is 5.97 Å². The molecule has 112 valence electrons. The Labute approximate surface area is 121 Å². The highest BCUT2D eigenvalue weighted by Gasteiger charge is 2.30. The summed E-state index contributed by atoms with van der Waals surface area (Å²) in [6, 6.07) is 0. The number of hydrogen-bond acceptors (Lipinski definition) is 6. The van der Waals surface area contributed by atoms with Crippen LogP contribution in [0.2, 0.25) is 0 Å². The molecule has 1 fully saturated rings. The van der Waals surface area contributed by atoms with Crippen molar-refractivity contribution in [2.45, 2.75) is 37.6 Å². The molecule has 0 aromatic carbocycles. The van der Waals surface area contributed by atoms with Crippen LogP contribution in [0.3, 0.4) is 0 Å². The van der Waals surface area contributed by atoms with Gasteiger partial charge in [-0.2, -0.15) is 0 Å². The molecular formula is C12H19N3O4S. The fraction of sp³-hybridized carbons (Fsp3) is 0.750. The summed E-state index contributed by atoms with van der Waals surface area (Å²) in [5.41, 5.74) is -0.263. The van der Waals surface area contributed by atoms with E-state index in [1.54, 1.807) is 0 Å². The van der Waals surface area contributed by atoms with Crippen molar-refractivity contribution < 1.29 is 19.4 Å². The molecule has 1 aromatic heterocycles. The van der Waals surface area contributed by atoms with Crippen LogP contribution in [-0.4, -0.2) is 51.4 Å². The summed E-state index contributed by atoms with van der Waals surface area (Å²) in [6.45, 7) is 7.62. The minimum Gasteiger partial charge on any atom is -0.481 e. The molecule has 1 aromatic rings. The molecule has 0 bridgehead atoms. The number of hydrogen-bond donors (Lipinski definition) is 1. The van der Waals surface area contributed by atoms with Gasteiger partial charge in [-0.25, -0.2) is 0 Å². The Hall–Kier alpha value is -1.12. The Morgan fingerprint density at radius 1 is 1.45 bits per heavy atom. The van der Waals surface area contributed by atoms with Gasteiger partial charge in [-0.05, 0) is 20.8 Å². The first-order valence-electron chi connectivity index (χ1n) is 6.39. The smallest absolute Gasteiger partial charge is 0.313 e. The predicted octanol–water partition coefficient (Wildman–Crippen LogP) is 1.30. The summed E-state index contributed by atoms with van der Waals surface area (Å²) in [5.74, 6) is -0.238. The van der Waals surface area contributed by atoms with Crippen molar-refractivity contribution in [1.29, 1.82) is 0 Å². The molecule has 1 N–H and O–H groups in total. The van der Waals surface area contributed by atoms with Crippen LogP contribution in [0.25, 0.3) is 0 Å². The Bertz CT molecular complexity index is 478. The van der Waals surface area contributed by atoms with Crippen molar-refractivity contribution in [2.24, 2.45) is 0 Å². The molecular weight excluding hydrogens is 282 g/mol. The van der Waals surface area contributed by atoms with E-state index in [4.69, 9.17) is 14.6 Å². The SMILES string of the molecule is CC(C)(C)n1c(SCC(=O)O)nnc1C1COCCO1. The maximum atomic E-state index is 10.7. The third-order valence-electron chi connectivity index (χ3n) is 2.76. The first kappa shape index (κ1) is 15.3. The molecule has 20 heavy (non-hydrogen) atoms. The number of aromatic nitrogens is 3. The van der Waals surface area contributed by atoms with Gasteiger partial charge in [0.25, 0.3) is 0 Å². The first-order chi connectivity index (χ1) is 9.39. The zero-order valence-corrected chi connectivity index (χ0v) is 12.6. The van der Waals surface area contributed by atoms with Crippen molar-refractivity contribution in [3.63, 3.8) is 0 Å². The van der Waals surface area contributed by atoms with E-state index in [1.807, 2.05) is 25.3 Å². The number of thioether (sulfide) groups is 1. The summed E-state index contributed by atoms with van der Waals surface area (Å²) in [7, 11) is 0. The number of aliphatic carboxylic acids is 1. The van der Waals surface area contributed by atoms with E-state index in [0.29, 0.717) is 30.8 Å². The van der Waals surface area contributed by atoms with Gasteiger partial charge in [-0.1, -0.05) is 11.8 Å². The molecule has 0 spiro atoms. The van der Waals surface area contributed by atoms with Crippen LogP contribution in [0.5, 0.6) is 0 Å². The summed E-state index contributed by atoms with van der Waals surface area (Å²) in [5, 5.41) is 17.7. The topological polar surface area (TPSA) is 86.5 Å². The second-order valence-electron chi connectivity index (χ2n) is 5.46. The lowest BCUT2D eigenvalue weighted by Gasteiger charge is -2.29. The average Bonchev–Trinajstić information content (AvgIpc) is 2.81. The van der Waals surface area contributed by atoms with Crippen molar-refractivity contribution in [3.05, 3.63) is 5.82 Å².